The maximum atomic E-state index is 9.08. The fourth-order valence-corrected chi connectivity index (χ4v) is 2.46. The zero-order valence-electron chi connectivity index (χ0n) is 11.4. The van der Waals surface area contributed by atoms with Crippen molar-refractivity contribution in [2.45, 2.75) is 6.42 Å². The zero-order valence-corrected chi connectivity index (χ0v) is 11.4. The van der Waals surface area contributed by atoms with Crippen LogP contribution in [0.15, 0.2) is 67.3 Å². The lowest BCUT2D eigenvalue weighted by Crippen LogP contribution is -1.93. The summed E-state index contributed by atoms with van der Waals surface area (Å²) in [5, 5.41) is 9.08. The van der Waals surface area contributed by atoms with E-state index in [1.54, 1.807) is 24.8 Å². The number of aromatic nitrogens is 2. The van der Waals surface area contributed by atoms with Crippen LogP contribution in [0.1, 0.15) is 5.56 Å². The van der Waals surface area contributed by atoms with Crippen molar-refractivity contribution in [3.63, 3.8) is 0 Å². The summed E-state index contributed by atoms with van der Waals surface area (Å²) in [6, 6.07) is 16.2. The number of rotatable bonds is 3. The van der Waals surface area contributed by atoms with Crippen molar-refractivity contribution in [2.75, 3.05) is 0 Å². The molecule has 0 N–H and O–H groups in total. The third-order valence-electron chi connectivity index (χ3n) is 3.38. The molecule has 1 aromatic carbocycles. The summed E-state index contributed by atoms with van der Waals surface area (Å²) in [6.07, 6.45) is 7.49. The Balaban J connectivity index is 2.26. The van der Waals surface area contributed by atoms with Crippen LogP contribution in [0, 0.1) is 11.3 Å². The summed E-state index contributed by atoms with van der Waals surface area (Å²) in [4.78, 5) is 8.14. The first-order valence-corrected chi connectivity index (χ1v) is 6.70. The van der Waals surface area contributed by atoms with Gasteiger partial charge in [-0.2, -0.15) is 5.26 Å². The van der Waals surface area contributed by atoms with Crippen molar-refractivity contribution >= 4 is 0 Å². The molecule has 0 bridgehead atoms. The first-order valence-electron chi connectivity index (χ1n) is 6.70. The van der Waals surface area contributed by atoms with E-state index in [0.29, 0.717) is 6.42 Å². The lowest BCUT2D eigenvalue weighted by molar-refractivity contribution is 1.25. The molecular formula is C18H13N3. The van der Waals surface area contributed by atoms with Gasteiger partial charge < -0.3 is 0 Å². The molecule has 3 rings (SSSR count). The Labute approximate surface area is 123 Å². The smallest absolute Gasteiger partial charge is 0.0669 e. The van der Waals surface area contributed by atoms with Crippen molar-refractivity contribution in [1.29, 1.82) is 5.26 Å². The molecule has 100 valence electrons. The molecule has 3 heteroatoms. The van der Waals surface area contributed by atoms with Gasteiger partial charge in [-0.3, -0.25) is 9.97 Å². The van der Waals surface area contributed by atoms with E-state index in [9.17, 15) is 0 Å². The van der Waals surface area contributed by atoms with Gasteiger partial charge in [0.15, 0.2) is 0 Å². The van der Waals surface area contributed by atoms with Crippen molar-refractivity contribution in [2.24, 2.45) is 0 Å². The molecule has 0 saturated carbocycles. The van der Waals surface area contributed by atoms with E-state index in [-0.39, 0.29) is 0 Å². The SMILES string of the molecule is N#CCc1cccc(-c2ccncc2)c1-c1ccncc1. The Morgan fingerprint density at radius 3 is 2.05 bits per heavy atom. The summed E-state index contributed by atoms with van der Waals surface area (Å²) < 4.78 is 0. The monoisotopic (exact) mass is 271 g/mol. The van der Waals surface area contributed by atoms with Gasteiger partial charge in [-0.15, -0.1) is 0 Å². The fourth-order valence-electron chi connectivity index (χ4n) is 2.46. The highest BCUT2D eigenvalue weighted by atomic mass is 14.6. The molecule has 0 saturated heterocycles. The number of pyridine rings is 2. The van der Waals surface area contributed by atoms with Crippen LogP contribution in [0.2, 0.25) is 0 Å². The second-order valence-corrected chi connectivity index (χ2v) is 4.65. The van der Waals surface area contributed by atoms with E-state index in [2.05, 4.69) is 22.1 Å². The molecule has 0 aliphatic carbocycles. The van der Waals surface area contributed by atoms with Gasteiger partial charge in [0.2, 0.25) is 0 Å². The Hall–Kier alpha value is -2.99. The van der Waals surface area contributed by atoms with E-state index in [4.69, 9.17) is 5.26 Å². The zero-order chi connectivity index (χ0) is 14.5. The number of hydrogen-bond acceptors (Lipinski definition) is 3. The minimum Gasteiger partial charge on any atom is -0.265 e. The van der Waals surface area contributed by atoms with Crippen LogP contribution in [0.25, 0.3) is 22.3 Å². The van der Waals surface area contributed by atoms with Gasteiger partial charge in [0.05, 0.1) is 12.5 Å². The Morgan fingerprint density at radius 1 is 0.810 bits per heavy atom. The lowest BCUT2D eigenvalue weighted by atomic mass is 9.90. The topological polar surface area (TPSA) is 49.6 Å². The molecule has 3 nitrogen and oxygen atoms in total. The van der Waals surface area contributed by atoms with E-state index in [1.807, 2.05) is 36.4 Å². The van der Waals surface area contributed by atoms with Crippen molar-refractivity contribution < 1.29 is 0 Å². The highest BCUT2D eigenvalue weighted by Crippen LogP contribution is 2.34. The molecule has 0 aliphatic heterocycles. The third-order valence-corrected chi connectivity index (χ3v) is 3.38. The van der Waals surface area contributed by atoms with Crippen molar-refractivity contribution in [3.05, 3.63) is 72.8 Å². The first kappa shape index (κ1) is 13.0. The minimum absolute atomic E-state index is 0.385. The minimum atomic E-state index is 0.385. The highest BCUT2D eigenvalue weighted by Gasteiger charge is 2.11. The Morgan fingerprint density at radius 2 is 1.43 bits per heavy atom. The molecule has 2 heterocycles. The summed E-state index contributed by atoms with van der Waals surface area (Å²) in [6.45, 7) is 0. The van der Waals surface area contributed by atoms with E-state index >= 15 is 0 Å². The molecular weight excluding hydrogens is 258 g/mol. The standard InChI is InChI=1S/C18H13N3/c19-9-4-15-2-1-3-17(14-5-10-20-11-6-14)18(15)16-7-12-21-13-8-16/h1-3,5-8,10-13H,4H2. The molecule has 0 spiro atoms. The van der Waals surface area contributed by atoms with Crippen LogP contribution in [0.5, 0.6) is 0 Å². The molecule has 21 heavy (non-hydrogen) atoms. The van der Waals surface area contributed by atoms with E-state index in [1.165, 1.54) is 0 Å². The third kappa shape index (κ3) is 2.65. The van der Waals surface area contributed by atoms with Gasteiger partial charge in [0, 0.05) is 24.8 Å². The normalized spacial score (nSPS) is 10.0. The maximum Gasteiger partial charge on any atom is 0.0669 e. The first-order chi connectivity index (χ1) is 10.4. The van der Waals surface area contributed by atoms with Crippen LogP contribution in [0.4, 0.5) is 0 Å². The van der Waals surface area contributed by atoms with Crippen molar-refractivity contribution in [3.8, 4) is 28.3 Å². The van der Waals surface area contributed by atoms with Crippen LogP contribution in [-0.4, -0.2) is 9.97 Å². The molecule has 3 aromatic rings. The lowest BCUT2D eigenvalue weighted by Gasteiger charge is -2.14. The summed E-state index contributed by atoms with van der Waals surface area (Å²) in [5.74, 6) is 0. The van der Waals surface area contributed by atoms with Crippen LogP contribution < -0.4 is 0 Å². The maximum absolute atomic E-state index is 9.08. The molecule has 0 unspecified atom stereocenters. The van der Waals surface area contributed by atoms with Crippen LogP contribution >= 0.6 is 0 Å². The molecule has 2 aromatic heterocycles. The average Bonchev–Trinajstić information content (AvgIpc) is 2.56. The molecule has 0 radical (unpaired) electrons. The van der Waals surface area contributed by atoms with Crippen LogP contribution in [0.3, 0.4) is 0 Å². The van der Waals surface area contributed by atoms with E-state index < -0.39 is 0 Å². The summed E-state index contributed by atoms with van der Waals surface area (Å²) in [5.41, 5.74) is 5.39. The predicted octanol–water partition coefficient (Wildman–Crippen LogP) is 3.88. The molecule has 0 aliphatic rings. The summed E-state index contributed by atoms with van der Waals surface area (Å²) in [7, 11) is 0. The van der Waals surface area contributed by atoms with E-state index in [0.717, 1.165) is 27.8 Å². The van der Waals surface area contributed by atoms with Gasteiger partial charge in [-0.05, 0) is 52.1 Å². The molecule has 0 amide bonds. The van der Waals surface area contributed by atoms with Gasteiger partial charge in [-0.25, -0.2) is 0 Å². The van der Waals surface area contributed by atoms with Gasteiger partial charge in [0.1, 0.15) is 0 Å². The number of benzene rings is 1. The second-order valence-electron chi connectivity index (χ2n) is 4.65. The average molecular weight is 271 g/mol. The summed E-state index contributed by atoms with van der Waals surface area (Å²) >= 11 is 0. The van der Waals surface area contributed by atoms with Crippen molar-refractivity contribution in [1.82, 2.24) is 9.97 Å². The predicted molar refractivity (Wildman–Crippen MR) is 82.2 cm³/mol. The number of hydrogen-bond donors (Lipinski definition) is 0. The quantitative estimate of drug-likeness (QED) is 0.726. The Kier molecular flexibility index (Phi) is 3.70. The van der Waals surface area contributed by atoms with Gasteiger partial charge in [-0.1, -0.05) is 18.2 Å². The number of nitrogens with zero attached hydrogens (tertiary/aromatic N) is 3. The van der Waals surface area contributed by atoms with Gasteiger partial charge >= 0.3 is 0 Å². The fraction of sp³-hybridized carbons (Fsp3) is 0.0556. The second kappa shape index (κ2) is 5.98. The van der Waals surface area contributed by atoms with Gasteiger partial charge in [0.25, 0.3) is 0 Å². The largest absolute Gasteiger partial charge is 0.265 e. The molecule has 0 fully saturated rings. The van der Waals surface area contributed by atoms with Crippen LogP contribution in [-0.2, 0) is 6.42 Å². The highest BCUT2D eigenvalue weighted by molar-refractivity contribution is 5.85. The Bertz CT molecular complexity index is 775. The molecule has 0 atom stereocenters. The number of nitriles is 1.